The lowest BCUT2D eigenvalue weighted by Gasteiger charge is -2.16. The van der Waals surface area contributed by atoms with Gasteiger partial charge in [-0.1, -0.05) is 43.3 Å². The van der Waals surface area contributed by atoms with Crippen molar-refractivity contribution in [2.24, 2.45) is 5.73 Å². The first-order valence-corrected chi connectivity index (χ1v) is 7.15. The minimum Gasteiger partial charge on any atom is -0.491 e. The Hall–Kier alpha value is -1.80. The third-order valence-corrected chi connectivity index (χ3v) is 3.79. The second-order valence-electron chi connectivity index (χ2n) is 5.21. The van der Waals surface area contributed by atoms with Gasteiger partial charge in [0.1, 0.15) is 12.4 Å². The molecular weight excluding hydrogens is 246 g/mol. The fourth-order valence-corrected chi connectivity index (χ4v) is 2.16. The minimum atomic E-state index is -0.0965. The molecule has 2 aromatic rings. The summed E-state index contributed by atoms with van der Waals surface area (Å²) in [6.45, 7) is 6.81. The van der Waals surface area contributed by atoms with E-state index in [0.717, 1.165) is 17.7 Å². The van der Waals surface area contributed by atoms with Crippen molar-refractivity contribution in [2.45, 2.75) is 33.2 Å². The van der Waals surface area contributed by atoms with Gasteiger partial charge in [-0.3, -0.25) is 0 Å². The highest BCUT2D eigenvalue weighted by Crippen LogP contribution is 2.22. The van der Waals surface area contributed by atoms with E-state index in [4.69, 9.17) is 10.5 Å². The summed E-state index contributed by atoms with van der Waals surface area (Å²) < 4.78 is 5.87. The van der Waals surface area contributed by atoms with E-state index in [-0.39, 0.29) is 6.04 Å². The molecule has 0 spiro atoms. The molecule has 2 heteroatoms. The molecule has 20 heavy (non-hydrogen) atoms. The van der Waals surface area contributed by atoms with Crippen molar-refractivity contribution in [3.63, 3.8) is 0 Å². The summed E-state index contributed by atoms with van der Waals surface area (Å²) >= 11 is 0. The van der Waals surface area contributed by atoms with E-state index < -0.39 is 0 Å². The molecule has 0 aromatic heterocycles. The molecule has 0 heterocycles. The second kappa shape index (κ2) is 6.58. The van der Waals surface area contributed by atoms with Crippen LogP contribution in [0.15, 0.2) is 42.5 Å². The van der Waals surface area contributed by atoms with Gasteiger partial charge in [-0.2, -0.15) is 0 Å². The third-order valence-electron chi connectivity index (χ3n) is 3.79. The topological polar surface area (TPSA) is 35.2 Å². The molecule has 0 aliphatic heterocycles. The SMILES string of the molecule is CCc1ccc(C(N)COc2cccc(C)c2C)cc1. The molecule has 106 valence electrons. The molecule has 0 saturated carbocycles. The molecule has 2 N–H and O–H groups in total. The van der Waals surface area contributed by atoms with Crippen molar-refractivity contribution in [2.75, 3.05) is 6.61 Å². The molecule has 0 aliphatic rings. The lowest BCUT2D eigenvalue weighted by molar-refractivity contribution is 0.288. The van der Waals surface area contributed by atoms with Gasteiger partial charge in [0, 0.05) is 0 Å². The second-order valence-corrected chi connectivity index (χ2v) is 5.21. The smallest absolute Gasteiger partial charge is 0.122 e. The van der Waals surface area contributed by atoms with Crippen molar-refractivity contribution in [1.82, 2.24) is 0 Å². The Balaban J connectivity index is 2.00. The molecule has 0 radical (unpaired) electrons. The molecule has 0 aliphatic carbocycles. The Kier molecular flexibility index (Phi) is 4.80. The quantitative estimate of drug-likeness (QED) is 0.892. The standard InChI is InChI=1S/C18H23NO/c1-4-15-8-10-16(11-9-15)17(19)12-20-18-7-5-6-13(2)14(18)3/h5-11,17H,4,12,19H2,1-3H3. The zero-order valence-corrected chi connectivity index (χ0v) is 12.5. The van der Waals surface area contributed by atoms with Gasteiger partial charge in [0.05, 0.1) is 6.04 Å². The molecule has 1 unspecified atom stereocenters. The van der Waals surface area contributed by atoms with Crippen molar-refractivity contribution in [3.8, 4) is 5.75 Å². The van der Waals surface area contributed by atoms with Crippen molar-refractivity contribution >= 4 is 0 Å². The van der Waals surface area contributed by atoms with Gasteiger partial charge < -0.3 is 10.5 Å². The average molecular weight is 269 g/mol. The van der Waals surface area contributed by atoms with Crippen molar-refractivity contribution in [1.29, 1.82) is 0 Å². The van der Waals surface area contributed by atoms with E-state index in [0.29, 0.717) is 6.61 Å². The number of hydrogen-bond acceptors (Lipinski definition) is 2. The van der Waals surface area contributed by atoms with Crippen molar-refractivity contribution < 1.29 is 4.74 Å². The van der Waals surface area contributed by atoms with Gasteiger partial charge in [0.15, 0.2) is 0 Å². The monoisotopic (exact) mass is 269 g/mol. The van der Waals surface area contributed by atoms with Gasteiger partial charge >= 0.3 is 0 Å². The van der Waals surface area contributed by atoms with E-state index in [1.807, 2.05) is 12.1 Å². The molecule has 2 nitrogen and oxygen atoms in total. The maximum Gasteiger partial charge on any atom is 0.122 e. The molecule has 0 fully saturated rings. The van der Waals surface area contributed by atoms with Crippen LogP contribution in [0.3, 0.4) is 0 Å². The highest BCUT2D eigenvalue weighted by atomic mass is 16.5. The number of rotatable bonds is 5. The fraction of sp³-hybridized carbons (Fsp3) is 0.333. The number of nitrogens with two attached hydrogens (primary N) is 1. The van der Waals surface area contributed by atoms with Crippen LogP contribution in [0.1, 0.15) is 35.2 Å². The van der Waals surface area contributed by atoms with E-state index in [2.05, 4.69) is 51.1 Å². The Labute approximate surface area is 121 Å². The molecule has 0 amide bonds. The molecule has 2 rings (SSSR count). The largest absolute Gasteiger partial charge is 0.491 e. The number of aryl methyl sites for hydroxylation is 2. The Morgan fingerprint density at radius 3 is 2.40 bits per heavy atom. The van der Waals surface area contributed by atoms with Crippen LogP contribution in [0.4, 0.5) is 0 Å². The number of ether oxygens (including phenoxy) is 1. The van der Waals surface area contributed by atoms with Crippen LogP contribution in [0.5, 0.6) is 5.75 Å². The maximum absolute atomic E-state index is 6.20. The average Bonchev–Trinajstić information content (AvgIpc) is 2.48. The molecule has 1 atom stereocenters. The lowest BCUT2D eigenvalue weighted by atomic mass is 10.0. The Morgan fingerprint density at radius 1 is 1.05 bits per heavy atom. The van der Waals surface area contributed by atoms with Crippen LogP contribution >= 0.6 is 0 Å². The first-order valence-electron chi connectivity index (χ1n) is 7.15. The predicted molar refractivity (Wildman–Crippen MR) is 84.2 cm³/mol. The summed E-state index contributed by atoms with van der Waals surface area (Å²) in [6, 6.07) is 14.5. The van der Waals surface area contributed by atoms with Gasteiger partial charge in [0.25, 0.3) is 0 Å². The summed E-state index contributed by atoms with van der Waals surface area (Å²) in [6.07, 6.45) is 1.05. The first kappa shape index (κ1) is 14.6. The van der Waals surface area contributed by atoms with E-state index in [9.17, 15) is 0 Å². The van der Waals surface area contributed by atoms with E-state index >= 15 is 0 Å². The molecule has 2 aromatic carbocycles. The first-order chi connectivity index (χ1) is 9.61. The Bertz CT molecular complexity index is 560. The number of hydrogen-bond donors (Lipinski definition) is 1. The van der Waals surface area contributed by atoms with Gasteiger partial charge in [-0.15, -0.1) is 0 Å². The van der Waals surface area contributed by atoms with Crippen LogP contribution in [-0.2, 0) is 6.42 Å². The van der Waals surface area contributed by atoms with Crippen LogP contribution in [-0.4, -0.2) is 6.61 Å². The van der Waals surface area contributed by atoms with Crippen LogP contribution < -0.4 is 10.5 Å². The molecular formula is C18H23NO. The summed E-state index contributed by atoms with van der Waals surface area (Å²) in [4.78, 5) is 0. The molecule has 0 bridgehead atoms. The lowest BCUT2D eigenvalue weighted by Crippen LogP contribution is -2.19. The van der Waals surface area contributed by atoms with Gasteiger partial charge in [-0.25, -0.2) is 0 Å². The maximum atomic E-state index is 6.20. The normalized spacial score (nSPS) is 12.2. The van der Waals surface area contributed by atoms with Crippen molar-refractivity contribution in [3.05, 3.63) is 64.7 Å². The van der Waals surface area contributed by atoms with E-state index in [1.165, 1.54) is 16.7 Å². The summed E-state index contributed by atoms with van der Waals surface area (Å²) in [5.41, 5.74) is 11.1. The molecule has 0 saturated heterocycles. The fourth-order valence-electron chi connectivity index (χ4n) is 2.16. The zero-order chi connectivity index (χ0) is 14.5. The Morgan fingerprint density at radius 2 is 1.75 bits per heavy atom. The van der Waals surface area contributed by atoms with Gasteiger partial charge in [0.2, 0.25) is 0 Å². The highest BCUT2D eigenvalue weighted by Gasteiger charge is 2.08. The third kappa shape index (κ3) is 3.40. The van der Waals surface area contributed by atoms with Gasteiger partial charge in [-0.05, 0) is 48.6 Å². The highest BCUT2D eigenvalue weighted by molar-refractivity contribution is 5.38. The minimum absolute atomic E-state index is 0.0965. The summed E-state index contributed by atoms with van der Waals surface area (Å²) in [5.74, 6) is 0.922. The number of benzene rings is 2. The summed E-state index contributed by atoms with van der Waals surface area (Å²) in [7, 11) is 0. The summed E-state index contributed by atoms with van der Waals surface area (Å²) in [5, 5.41) is 0. The predicted octanol–water partition coefficient (Wildman–Crippen LogP) is 3.94. The van der Waals surface area contributed by atoms with Crippen LogP contribution in [0.2, 0.25) is 0 Å². The van der Waals surface area contributed by atoms with Crippen LogP contribution in [0.25, 0.3) is 0 Å². The van der Waals surface area contributed by atoms with E-state index in [1.54, 1.807) is 0 Å². The van der Waals surface area contributed by atoms with Crippen LogP contribution in [0, 0.1) is 13.8 Å². The zero-order valence-electron chi connectivity index (χ0n) is 12.5.